The van der Waals surface area contributed by atoms with Crippen LogP contribution in [-0.2, 0) is 6.42 Å². The van der Waals surface area contributed by atoms with Crippen LogP contribution in [0.3, 0.4) is 0 Å². The average molecular weight is 407 g/mol. The van der Waals surface area contributed by atoms with Crippen molar-refractivity contribution in [2.75, 3.05) is 40.2 Å². The number of likely N-dealkylation sites (N-methyl/N-ethyl adjacent to an activating group) is 1. The van der Waals surface area contributed by atoms with Crippen molar-refractivity contribution in [3.63, 3.8) is 0 Å². The van der Waals surface area contributed by atoms with Gasteiger partial charge in [0.1, 0.15) is 16.0 Å². The Bertz CT molecular complexity index is 705. The molecule has 0 aliphatic carbocycles. The Labute approximate surface area is 157 Å². The lowest BCUT2D eigenvalue weighted by Crippen LogP contribution is -2.15. The molecular weight excluding hydrogens is 384 g/mol. The van der Waals surface area contributed by atoms with Gasteiger partial charge in [0.2, 0.25) is 0 Å². The Hall–Kier alpha value is -2.05. The fraction of sp³-hybridized carbons (Fsp3) is 0.316. The zero-order valence-corrected chi connectivity index (χ0v) is 16.5. The number of benzene rings is 2. The van der Waals surface area contributed by atoms with E-state index in [2.05, 4.69) is 40.2 Å². The first kappa shape index (κ1) is 19.3. The fourth-order valence-corrected chi connectivity index (χ4v) is 2.86. The van der Waals surface area contributed by atoms with Crippen LogP contribution in [0.25, 0.3) is 0 Å². The number of carbonyl (C=O) groups excluding carboxylic acids is 1. The molecule has 0 aliphatic heterocycles. The topological polar surface area (TPSA) is 50.8 Å². The van der Waals surface area contributed by atoms with Crippen LogP contribution in [0.2, 0.25) is 0 Å². The molecule has 1 N–H and O–H groups in total. The van der Waals surface area contributed by atoms with E-state index in [9.17, 15) is 4.79 Å². The third-order valence-corrected chi connectivity index (χ3v) is 4.55. The Morgan fingerprint density at radius 1 is 1.08 bits per heavy atom. The molecule has 0 radical (unpaired) electrons. The molecule has 0 saturated carbocycles. The molecule has 134 valence electrons. The van der Waals surface area contributed by atoms with Crippen molar-refractivity contribution in [2.45, 2.75) is 6.42 Å². The van der Waals surface area contributed by atoms with Gasteiger partial charge in [-0.3, -0.25) is 4.79 Å². The predicted molar refractivity (Wildman–Crippen MR) is 104 cm³/mol. The van der Waals surface area contributed by atoms with Crippen LogP contribution in [0.4, 0.5) is 5.69 Å². The number of nitrogens with zero attached hydrogens (tertiary/aromatic N) is 1. The normalized spacial score (nSPS) is 10.6. The van der Waals surface area contributed by atoms with Crippen LogP contribution >= 0.6 is 15.9 Å². The molecule has 5 nitrogen and oxygen atoms in total. The van der Waals surface area contributed by atoms with Gasteiger partial charge in [-0.2, -0.15) is 0 Å². The van der Waals surface area contributed by atoms with Crippen LogP contribution < -0.4 is 14.8 Å². The van der Waals surface area contributed by atoms with E-state index < -0.39 is 0 Å². The summed E-state index contributed by atoms with van der Waals surface area (Å²) in [5.74, 6) is 0.872. The molecule has 2 rings (SSSR count). The van der Waals surface area contributed by atoms with E-state index in [1.807, 2.05) is 24.3 Å². The highest BCUT2D eigenvalue weighted by Crippen LogP contribution is 2.35. The Balaban J connectivity index is 2.11. The minimum Gasteiger partial charge on any atom is -0.495 e. The quantitative estimate of drug-likeness (QED) is 0.758. The predicted octanol–water partition coefficient (Wildman–Crippen LogP) is 3.82. The van der Waals surface area contributed by atoms with E-state index >= 15 is 0 Å². The molecular formula is C19H23BrN2O3. The van der Waals surface area contributed by atoms with Crippen molar-refractivity contribution in [1.29, 1.82) is 0 Å². The number of anilines is 1. The van der Waals surface area contributed by atoms with Gasteiger partial charge < -0.3 is 19.7 Å². The minimum absolute atomic E-state index is 0.217. The summed E-state index contributed by atoms with van der Waals surface area (Å²) in [5.41, 5.74) is 2.45. The summed E-state index contributed by atoms with van der Waals surface area (Å²) in [7, 11) is 7.20. The number of amides is 1. The van der Waals surface area contributed by atoms with E-state index in [0.717, 1.165) is 18.7 Å². The summed E-state index contributed by atoms with van der Waals surface area (Å²) in [4.78, 5) is 14.7. The first-order valence-electron chi connectivity index (χ1n) is 7.91. The van der Waals surface area contributed by atoms with Crippen molar-refractivity contribution in [3.05, 3.63) is 52.0 Å². The molecule has 25 heavy (non-hydrogen) atoms. The maximum Gasteiger partial charge on any atom is 0.255 e. The van der Waals surface area contributed by atoms with Crippen molar-refractivity contribution in [3.8, 4) is 11.5 Å². The van der Waals surface area contributed by atoms with Crippen LogP contribution in [-0.4, -0.2) is 45.7 Å². The number of ether oxygens (including phenoxy) is 2. The van der Waals surface area contributed by atoms with Gasteiger partial charge in [-0.25, -0.2) is 0 Å². The number of hydrogen-bond donors (Lipinski definition) is 1. The molecule has 0 saturated heterocycles. The molecule has 0 spiro atoms. The third kappa shape index (κ3) is 5.21. The van der Waals surface area contributed by atoms with Crippen LogP contribution in [0.5, 0.6) is 11.5 Å². The van der Waals surface area contributed by atoms with E-state index in [1.54, 1.807) is 26.4 Å². The Morgan fingerprint density at radius 3 is 2.12 bits per heavy atom. The van der Waals surface area contributed by atoms with Gasteiger partial charge in [0, 0.05) is 17.8 Å². The molecule has 2 aromatic carbocycles. The number of nitrogens with one attached hydrogen (secondary N) is 1. The Kier molecular flexibility index (Phi) is 6.84. The highest BCUT2D eigenvalue weighted by atomic mass is 79.9. The second-order valence-electron chi connectivity index (χ2n) is 5.90. The molecule has 2 aromatic rings. The molecule has 1 amide bonds. The van der Waals surface area contributed by atoms with Gasteiger partial charge >= 0.3 is 0 Å². The zero-order chi connectivity index (χ0) is 18.4. The molecule has 0 fully saturated rings. The second kappa shape index (κ2) is 8.87. The number of methoxy groups -OCH3 is 2. The molecule has 0 aliphatic rings. The molecule has 0 unspecified atom stereocenters. The second-order valence-corrected chi connectivity index (χ2v) is 6.69. The first-order chi connectivity index (χ1) is 11.9. The first-order valence-corrected chi connectivity index (χ1v) is 8.70. The zero-order valence-electron chi connectivity index (χ0n) is 14.9. The van der Waals surface area contributed by atoms with Gasteiger partial charge in [-0.15, -0.1) is 0 Å². The van der Waals surface area contributed by atoms with E-state index in [-0.39, 0.29) is 5.91 Å². The maximum absolute atomic E-state index is 12.5. The third-order valence-electron chi connectivity index (χ3n) is 3.77. The van der Waals surface area contributed by atoms with Crippen molar-refractivity contribution >= 4 is 27.5 Å². The lowest BCUT2D eigenvalue weighted by atomic mass is 10.1. The molecule has 0 heterocycles. The number of carbonyl (C=O) groups is 1. The van der Waals surface area contributed by atoms with E-state index in [4.69, 9.17) is 9.47 Å². The number of halogens is 1. The summed E-state index contributed by atoms with van der Waals surface area (Å²) in [6.45, 7) is 0.990. The molecule has 0 bridgehead atoms. The van der Waals surface area contributed by atoms with Crippen LogP contribution in [0.1, 0.15) is 15.9 Å². The molecule has 6 heteroatoms. The SMILES string of the molecule is COc1cc(C(=O)Nc2ccc(CCN(C)C)cc2)cc(OC)c1Br. The summed E-state index contributed by atoms with van der Waals surface area (Å²) < 4.78 is 11.2. The van der Waals surface area contributed by atoms with Gasteiger partial charge in [-0.05, 0) is 66.3 Å². The fourth-order valence-electron chi connectivity index (χ4n) is 2.31. The lowest BCUT2D eigenvalue weighted by Gasteiger charge is -2.12. The standard InChI is InChI=1S/C19H23BrN2O3/c1-22(2)10-9-13-5-7-15(8-6-13)21-19(23)14-11-16(24-3)18(20)17(12-14)25-4/h5-8,11-12H,9-10H2,1-4H3,(H,21,23). The minimum atomic E-state index is -0.217. The van der Waals surface area contributed by atoms with Crippen molar-refractivity contribution in [1.82, 2.24) is 4.90 Å². The van der Waals surface area contributed by atoms with E-state index in [1.165, 1.54) is 5.56 Å². The van der Waals surface area contributed by atoms with Crippen molar-refractivity contribution < 1.29 is 14.3 Å². The lowest BCUT2D eigenvalue weighted by molar-refractivity contribution is 0.102. The smallest absolute Gasteiger partial charge is 0.255 e. The molecule has 0 atom stereocenters. The van der Waals surface area contributed by atoms with Gasteiger partial charge in [0.15, 0.2) is 0 Å². The van der Waals surface area contributed by atoms with Crippen LogP contribution in [0, 0.1) is 0 Å². The van der Waals surface area contributed by atoms with Gasteiger partial charge in [-0.1, -0.05) is 12.1 Å². The highest BCUT2D eigenvalue weighted by Gasteiger charge is 2.14. The van der Waals surface area contributed by atoms with Gasteiger partial charge in [0.05, 0.1) is 14.2 Å². The Morgan fingerprint density at radius 2 is 1.64 bits per heavy atom. The average Bonchev–Trinajstić information content (AvgIpc) is 2.61. The highest BCUT2D eigenvalue weighted by molar-refractivity contribution is 9.10. The molecule has 0 aromatic heterocycles. The summed E-state index contributed by atoms with van der Waals surface area (Å²) in [5, 5.41) is 2.90. The van der Waals surface area contributed by atoms with E-state index in [0.29, 0.717) is 21.5 Å². The maximum atomic E-state index is 12.5. The largest absolute Gasteiger partial charge is 0.495 e. The van der Waals surface area contributed by atoms with Crippen molar-refractivity contribution in [2.24, 2.45) is 0 Å². The van der Waals surface area contributed by atoms with Gasteiger partial charge in [0.25, 0.3) is 5.91 Å². The summed E-state index contributed by atoms with van der Waals surface area (Å²) in [6.07, 6.45) is 0.975. The summed E-state index contributed by atoms with van der Waals surface area (Å²) in [6, 6.07) is 11.2. The number of rotatable bonds is 7. The summed E-state index contributed by atoms with van der Waals surface area (Å²) >= 11 is 3.40. The van der Waals surface area contributed by atoms with Crippen LogP contribution in [0.15, 0.2) is 40.9 Å². The number of hydrogen-bond acceptors (Lipinski definition) is 4. The monoisotopic (exact) mass is 406 g/mol.